The highest BCUT2D eigenvalue weighted by molar-refractivity contribution is 6.31. The monoisotopic (exact) mass is 260 g/mol. The molecule has 0 bridgehead atoms. The molecule has 0 saturated carbocycles. The SMILES string of the molecule is CC(C)C(CO)Nc1ncnc(Cl)c1[N+](=O)[O-]. The molecule has 1 aromatic rings. The molecule has 0 amide bonds. The highest BCUT2D eigenvalue weighted by Crippen LogP contribution is 2.29. The number of nitrogens with one attached hydrogen (secondary N) is 1. The molecule has 0 spiro atoms. The van der Waals surface area contributed by atoms with E-state index in [0.717, 1.165) is 6.33 Å². The fraction of sp³-hybridized carbons (Fsp3) is 0.556. The molecule has 0 radical (unpaired) electrons. The predicted octanol–water partition coefficient (Wildman–Crippen LogP) is 1.47. The number of aromatic nitrogens is 2. The molecule has 0 saturated heterocycles. The van der Waals surface area contributed by atoms with E-state index >= 15 is 0 Å². The van der Waals surface area contributed by atoms with Crippen molar-refractivity contribution >= 4 is 23.1 Å². The van der Waals surface area contributed by atoms with E-state index in [-0.39, 0.29) is 35.2 Å². The van der Waals surface area contributed by atoms with E-state index < -0.39 is 4.92 Å². The van der Waals surface area contributed by atoms with Gasteiger partial charge in [0.2, 0.25) is 11.0 Å². The van der Waals surface area contributed by atoms with Crippen molar-refractivity contribution in [1.82, 2.24) is 9.97 Å². The fourth-order valence-corrected chi connectivity index (χ4v) is 1.43. The summed E-state index contributed by atoms with van der Waals surface area (Å²) in [6, 6.07) is -0.334. The van der Waals surface area contributed by atoms with Crippen LogP contribution in [0.2, 0.25) is 5.15 Å². The molecule has 1 heterocycles. The molecule has 0 aliphatic rings. The maximum absolute atomic E-state index is 10.8. The van der Waals surface area contributed by atoms with Gasteiger partial charge in [-0.25, -0.2) is 9.97 Å². The maximum atomic E-state index is 10.8. The summed E-state index contributed by atoms with van der Waals surface area (Å²) >= 11 is 5.64. The van der Waals surface area contributed by atoms with Crippen molar-refractivity contribution in [3.63, 3.8) is 0 Å². The first kappa shape index (κ1) is 13.6. The van der Waals surface area contributed by atoms with E-state index in [1.807, 2.05) is 13.8 Å². The van der Waals surface area contributed by atoms with Crippen molar-refractivity contribution in [2.45, 2.75) is 19.9 Å². The lowest BCUT2D eigenvalue weighted by Gasteiger charge is -2.20. The van der Waals surface area contributed by atoms with Gasteiger partial charge < -0.3 is 10.4 Å². The minimum Gasteiger partial charge on any atom is -0.394 e. The number of anilines is 1. The van der Waals surface area contributed by atoms with Crippen LogP contribution in [0.25, 0.3) is 0 Å². The second-order valence-corrected chi connectivity index (χ2v) is 4.15. The average molecular weight is 261 g/mol. The Balaban J connectivity index is 3.05. The third-order valence-electron chi connectivity index (χ3n) is 2.28. The van der Waals surface area contributed by atoms with Gasteiger partial charge in [0, 0.05) is 0 Å². The predicted molar refractivity (Wildman–Crippen MR) is 63.0 cm³/mol. The Labute approximate surface area is 103 Å². The second kappa shape index (κ2) is 5.74. The number of nitro groups is 1. The molecule has 1 unspecified atom stereocenters. The minimum atomic E-state index is -0.653. The summed E-state index contributed by atoms with van der Waals surface area (Å²) in [5.41, 5.74) is -0.381. The standard InChI is InChI=1S/C9H13ClN4O3/c1-5(2)6(3-15)13-9-7(14(16)17)8(10)11-4-12-9/h4-6,15H,3H2,1-2H3,(H,11,12,13). The Morgan fingerprint density at radius 2 is 2.24 bits per heavy atom. The third-order valence-corrected chi connectivity index (χ3v) is 2.56. The number of halogens is 1. The number of nitrogens with zero attached hydrogens (tertiary/aromatic N) is 3. The Kier molecular flexibility index (Phi) is 4.59. The molecule has 0 aliphatic carbocycles. The number of aliphatic hydroxyl groups is 1. The molecule has 17 heavy (non-hydrogen) atoms. The maximum Gasteiger partial charge on any atom is 0.348 e. The van der Waals surface area contributed by atoms with Crippen LogP contribution in [-0.2, 0) is 0 Å². The zero-order valence-electron chi connectivity index (χ0n) is 9.42. The molecule has 8 heteroatoms. The molecular weight excluding hydrogens is 248 g/mol. The summed E-state index contributed by atoms with van der Waals surface area (Å²) in [7, 11) is 0. The van der Waals surface area contributed by atoms with E-state index in [0.29, 0.717) is 0 Å². The van der Waals surface area contributed by atoms with E-state index in [2.05, 4.69) is 15.3 Å². The molecule has 0 aliphatic heterocycles. The van der Waals surface area contributed by atoms with Gasteiger partial charge in [-0.3, -0.25) is 10.1 Å². The van der Waals surface area contributed by atoms with Crippen LogP contribution in [0, 0.1) is 16.0 Å². The summed E-state index contributed by atoms with van der Waals surface area (Å²) in [6.45, 7) is 3.60. The average Bonchev–Trinajstić information content (AvgIpc) is 2.24. The van der Waals surface area contributed by atoms with Crippen LogP contribution >= 0.6 is 11.6 Å². The highest BCUT2D eigenvalue weighted by atomic mass is 35.5. The van der Waals surface area contributed by atoms with Gasteiger partial charge in [0.05, 0.1) is 17.6 Å². The van der Waals surface area contributed by atoms with Crippen LogP contribution < -0.4 is 5.32 Å². The first-order chi connectivity index (χ1) is 7.97. The van der Waals surface area contributed by atoms with Crippen molar-refractivity contribution in [1.29, 1.82) is 0 Å². The van der Waals surface area contributed by atoms with Gasteiger partial charge >= 0.3 is 5.69 Å². The first-order valence-electron chi connectivity index (χ1n) is 4.99. The Morgan fingerprint density at radius 3 is 2.71 bits per heavy atom. The molecule has 2 N–H and O–H groups in total. The summed E-state index contributed by atoms with van der Waals surface area (Å²) in [5, 5.41) is 22.5. The molecular formula is C9H13ClN4O3. The molecule has 7 nitrogen and oxygen atoms in total. The highest BCUT2D eigenvalue weighted by Gasteiger charge is 2.24. The summed E-state index contributed by atoms with van der Waals surface area (Å²) in [6.07, 6.45) is 1.13. The fourth-order valence-electron chi connectivity index (χ4n) is 1.22. The van der Waals surface area contributed by atoms with Gasteiger partial charge in [0.25, 0.3) is 0 Å². The topological polar surface area (TPSA) is 101 Å². The van der Waals surface area contributed by atoms with Crippen LogP contribution in [0.4, 0.5) is 11.5 Å². The molecule has 1 rings (SSSR count). The third kappa shape index (κ3) is 3.24. The second-order valence-electron chi connectivity index (χ2n) is 3.80. The van der Waals surface area contributed by atoms with Gasteiger partial charge in [-0.15, -0.1) is 0 Å². The number of rotatable bonds is 5. The Morgan fingerprint density at radius 1 is 1.59 bits per heavy atom. The lowest BCUT2D eigenvalue weighted by Crippen LogP contribution is -2.30. The number of aliphatic hydroxyl groups excluding tert-OH is 1. The van der Waals surface area contributed by atoms with Gasteiger partial charge in [0.15, 0.2) is 0 Å². The summed E-state index contributed by atoms with van der Waals surface area (Å²) in [5.74, 6) is 0.107. The molecule has 1 aromatic heterocycles. The van der Waals surface area contributed by atoms with E-state index in [4.69, 9.17) is 16.7 Å². The van der Waals surface area contributed by atoms with Gasteiger partial charge in [0.1, 0.15) is 6.33 Å². The molecule has 0 aromatic carbocycles. The van der Waals surface area contributed by atoms with Crippen LogP contribution in [-0.4, -0.2) is 32.6 Å². The molecule has 1 atom stereocenters. The quantitative estimate of drug-likeness (QED) is 0.472. The number of hydrogen-bond acceptors (Lipinski definition) is 6. The Hall–Kier alpha value is -1.47. The largest absolute Gasteiger partial charge is 0.394 e. The summed E-state index contributed by atoms with van der Waals surface area (Å²) in [4.78, 5) is 17.5. The molecule has 94 valence electrons. The van der Waals surface area contributed by atoms with Crippen molar-refractivity contribution in [2.75, 3.05) is 11.9 Å². The zero-order valence-corrected chi connectivity index (χ0v) is 10.2. The van der Waals surface area contributed by atoms with Gasteiger partial charge in [-0.2, -0.15) is 0 Å². The van der Waals surface area contributed by atoms with Gasteiger partial charge in [-0.1, -0.05) is 25.4 Å². The minimum absolute atomic E-state index is 0.0164. The Bertz CT molecular complexity index is 413. The zero-order chi connectivity index (χ0) is 13.0. The van der Waals surface area contributed by atoms with Crippen molar-refractivity contribution in [2.24, 2.45) is 5.92 Å². The van der Waals surface area contributed by atoms with Crippen molar-refractivity contribution < 1.29 is 10.0 Å². The van der Waals surface area contributed by atoms with E-state index in [9.17, 15) is 10.1 Å². The normalized spacial score (nSPS) is 12.5. The lowest BCUT2D eigenvalue weighted by molar-refractivity contribution is -0.384. The van der Waals surface area contributed by atoms with Crippen molar-refractivity contribution in [3.05, 3.63) is 21.6 Å². The van der Waals surface area contributed by atoms with Gasteiger partial charge in [-0.05, 0) is 5.92 Å². The first-order valence-corrected chi connectivity index (χ1v) is 5.37. The van der Waals surface area contributed by atoms with Crippen LogP contribution in [0.3, 0.4) is 0 Å². The van der Waals surface area contributed by atoms with Crippen LogP contribution in [0.15, 0.2) is 6.33 Å². The van der Waals surface area contributed by atoms with Crippen molar-refractivity contribution in [3.8, 4) is 0 Å². The number of hydrogen-bond donors (Lipinski definition) is 2. The summed E-state index contributed by atoms with van der Waals surface area (Å²) < 4.78 is 0. The van der Waals surface area contributed by atoms with E-state index in [1.54, 1.807) is 0 Å². The molecule has 0 fully saturated rings. The van der Waals surface area contributed by atoms with Crippen LogP contribution in [0.1, 0.15) is 13.8 Å². The van der Waals surface area contributed by atoms with Crippen LogP contribution in [0.5, 0.6) is 0 Å². The lowest BCUT2D eigenvalue weighted by atomic mass is 10.1. The smallest absolute Gasteiger partial charge is 0.348 e. The van der Waals surface area contributed by atoms with E-state index in [1.165, 1.54) is 0 Å².